The molecule has 0 saturated heterocycles. The normalized spacial score (nSPS) is 15.2. The van der Waals surface area contributed by atoms with Crippen LogP contribution in [0.2, 0.25) is 5.02 Å². The quantitative estimate of drug-likeness (QED) is 0.551. The first-order valence-corrected chi connectivity index (χ1v) is 12.2. The second-order valence-electron chi connectivity index (χ2n) is 9.05. The van der Waals surface area contributed by atoms with E-state index in [9.17, 15) is 9.59 Å². The summed E-state index contributed by atoms with van der Waals surface area (Å²) in [6, 6.07) is 13.4. The SMILES string of the molecule is CC[C@H](C(=O)NC1CCCCC1)N(Cc1ccccc1Cl)C(=O)Cc1cc(C)cc(C)c1. The number of nitrogens with one attached hydrogen (secondary N) is 1. The smallest absolute Gasteiger partial charge is 0.243 e. The summed E-state index contributed by atoms with van der Waals surface area (Å²) in [6.07, 6.45) is 6.39. The van der Waals surface area contributed by atoms with Crippen LogP contribution in [0.15, 0.2) is 42.5 Å². The molecular weight excluding hydrogens is 420 g/mol. The summed E-state index contributed by atoms with van der Waals surface area (Å²) in [7, 11) is 0. The lowest BCUT2D eigenvalue weighted by Crippen LogP contribution is -2.52. The Kier molecular flexibility index (Phi) is 8.75. The zero-order valence-corrected chi connectivity index (χ0v) is 20.3. The van der Waals surface area contributed by atoms with Gasteiger partial charge in [0.15, 0.2) is 0 Å². The van der Waals surface area contributed by atoms with Crippen LogP contribution >= 0.6 is 11.6 Å². The van der Waals surface area contributed by atoms with Crippen molar-refractivity contribution in [2.24, 2.45) is 0 Å². The van der Waals surface area contributed by atoms with Crippen molar-refractivity contribution >= 4 is 23.4 Å². The Bertz CT molecular complexity index is 917. The molecule has 4 nitrogen and oxygen atoms in total. The molecule has 2 aromatic carbocycles. The van der Waals surface area contributed by atoms with Gasteiger partial charge >= 0.3 is 0 Å². The third-order valence-corrected chi connectivity index (χ3v) is 6.64. The molecule has 3 rings (SSSR count). The molecule has 1 saturated carbocycles. The van der Waals surface area contributed by atoms with E-state index in [4.69, 9.17) is 11.6 Å². The van der Waals surface area contributed by atoms with E-state index in [1.165, 1.54) is 6.42 Å². The number of aryl methyl sites for hydroxylation is 2. The van der Waals surface area contributed by atoms with Crippen LogP contribution in [-0.4, -0.2) is 28.8 Å². The Morgan fingerprint density at radius 3 is 2.34 bits per heavy atom. The molecule has 1 aliphatic rings. The minimum Gasteiger partial charge on any atom is -0.352 e. The lowest BCUT2D eigenvalue weighted by Gasteiger charge is -2.33. The molecule has 1 N–H and O–H groups in total. The second kappa shape index (κ2) is 11.5. The van der Waals surface area contributed by atoms with Gasteiger partial charge in [0.2, 0.25) is 11.8 Å². The van der Waals surface area contributed by atoms with Gasteiger partial charge in [0, 0.05) is 17.6 Å². The summed E-state index contributed by atoms with van der Waals surface area (Å²) in [5.74, 6) is -0.110. The van der Waals surface area contributed by atoms with Crippen LogP contribution in [0.3, 0.4) is 0 Å². The van der Waals surface area contributed by atoms with E-state index in [0.717, 1.165) is 47.9 Å². The predicted molar refractivity (Wildman–Crippen MR) is 131 cm³/mol. The van der Waals surface area contributed by atoms with Crippen LogP contribution in [0.1, 0.15) is 67.7 Å². The van der Waals surface area contributed by atoms with E-state index in [-0.39, 0.29) is 24.3 Å². The molecule has 5 heteroatoms. The van der Waals surface area contributed by atoms with Gasteiger partial charge in [-0.05, 0) is 50.3 Å². The molecule has 0 aliphatic heterocycles. The molecule has 0 radical (unpaired) electrons. The molecule has 2 amide bonds. The van der Waals surface area contributed by atoms with E-state index in [1.807, 2.05) is 57.2 Å². The average molecular weight is 455 g/mol. The third-order valence-electron chi connectivity index (χ3n) is 6.27. The Balaban J connectivity index is 1.84. The topological polar surface area (TPSA) is 49.4 Å². The van der Waals surface area contributed by atoms with Gasteiger partial charge in [0.1, 0.15) is 6.04 Å². The Morgan fingerprint density at radius 2 is 1.72 bits per heavy atom. The lowest BCUT2D eigenvalue weighted by molar-refractivity contribution is -0.141. The van der Waals surface area contributed by atoms with Crippen LogP contribution in [-0.2, 0) is 22.6 Å². The van der Waals surface area contributed by atoms with Crippen molar-refractivity contribution in [3.8, 4) is 0 Å². The fourth-order valence-corrected chi connectivity index (χ4v) is 4.92. The molecule has 1 atom stereocenters. The Morgan fingerprint density at radius 1 is 1.06 bits per heavy atom. The van der Waals surface area contributed by atoms with Crippen molar-refractivity contribution in [2.75, 3.05) is 0 Å². The zero-order chi connectivity index (χ0) is 23.1. The van der Waals surface area contributed by atoms with Crippen LogP contribution < -0.4 is 5.32 Å². The number of rotatable bonds is 8. The van der Waals surface area contributed by atoms with Crippen LogP contribution in [0, 0.1) is 13.8 Å². The summed E-state index contributed by atoms with van der Waals surface area (Å²) in [4.78, 5) is 28.6. The third kappa shape index (κ3) is 6.59. The molecule has 32 heavy (non-hydrogen) atoms. The highest BCUT2D eigenvalue weighted by Crippen LogP contribution is 2.22. The van der Waals surface area contributed by atoms with Gasteiger partial charge in [-0.15, -0.1) is 0 Å². The Hall–Kier alpha value is -2.33. The molecule has 2 aromatic rings. The fraction of sp³-hybridized carbons (Fsp3) is 0.481. The number of halogens is 1. The molecule has 1 fully saturated rings. The highest BCUT2D eigenvalue weighted by molar-refractivity contribution is 6.31. The van der Waals surface area contributed by atoms with Gasteiger partial charge < -0.3 is 10.2 Å². The number of hydrogen-bond acceptors (Lipinski definition) is 2. The number of hydrogen-bond donors (Lipinski definition) is 1. The van der Waals surface area contributed by atoms with Crippen molar-refractivity contribution in [1.29, 1.82) is 0 Å². The summed E-state index contributed by atoms with van der Waals surface area (Å²) < 4.78 is 0. The highest BCUT2D eigenvalue weighted by atomic mass is 35.5. The summed E-state index contributed by atoms with van der Waals surface area (Å²) in [5, 5.41) is 3.83. The van der Waals surface area contributed by atoms with E-state index in [0.29, 0.717) is 18.0 Å². The molecule has 172 valence electrons. The van der Waals surface area contributed by atoms with Crippen LogP contribution in [0.5, 0.6) is 0 Å². The molecule has 0 heterocycles. The predicted octanol–water partition coefficient (Wildman–Crippen LogP) is 5.76. The molecule has 0 aromatic heterocycles. The van der Waals surface area contributed by atoms with Crippen molar-refractivity contribution in [3.05, 3.63) is 69.7 Å². The maximum Gasteiger partial charge on any atom is 0.243 e. The molecule has 0 unspecified atom stereocenters. The summed E-state index contributed by atoms with van der Waals surface area (Å²) in [5.41, 5.74) is 4.09. The van der Waals surface area contributed by atoms with Crippen molar-refractivity contribution in [1.82, 2.24) is 10.2 Å². The standard InChI is InChI=1S/C27H35ClN2O2/c1-4-25(27(32)29-23-11-6-5-7-12-23)30(18-22-10-8-9-13-24(22)28)26(31)17-21-15-19(2)14-20(3)16-21/h8-10,13-16,23,25H,4-7,11-12,17-18H2,1-3H3,(H,29,32)/t25-/m1/s1. The molecular formula is C27H35ClN2O2. The van der Waals surface area contributed by atoms with Crippen molar-refractivity contribution < 1.29 is 9.59 Å². The summed E-state index contributed by atoms with van der Waals surface area (Å²) >= 11 is 6.42. The van der Waals surface area contributed by atoms with Gasteiger partial charge in [0.25, 0.3) is 0 Å². The number of carbonyl (C=O) groups is 2. The van der Waals surface area contributed by atoms with Gasteiger partial charge in [-0.1, -0.05) is 85.3 Å². The van der Waals surface area contributed by atoms with Crippen molar-refractivity contribution in [2.45, 2.75) is 84.3 Å². The highest BCUT2D eigenvalue weighted by Gasteiger charge is 2.30. The summed E-state index contributed by atoms with van der Waals surface area (Å²) in [6.45, 7) is 6.36. The minimum atomic E-state index is -0.522. The first-order valence-electron chi connectivity index (χ1n) is 11.8. The van der Waals surface area contributed by atoms with E-state index in [1.54, 1.807) is 4.90 Å². The van der Waals surface area contributed by atoms with E-state index >= 15 is 0 Å². The Labute approximate surface area is 197 Å². The molecule has 0 bridgehead atoms. The largest absolute Gasteiger partial charge is 0.352 e. The maximum absolute atomic E-state index is 13.6. The van der Waals surface area contributed by atoms with E-state index < -0.39 is 6.04 Å². The van der Waals surface area contributed by atoms with Gasteiger partial charge in [0.05, 0.1) is 6.42 Å². The van der Waals surface area contributed by atoms with E-state index in [2.05, 4.69) is 11.4 Å². The maximum atomic E-state index is 13.6. The van der Waals surface area contributed by atoms with Crippen LogP contribution in [0.25, 0.3) is 0 Å². The first kappa shape index (κ1) is 24.3. The zero-order valence-electron chi connectivity index (χ0n) is 19.5. The number of nitrogens with zero attached hydrogens (tertiary/aromatic N) is 1. The fourth-order valence-electron chi connectivity index (χ4n) is 4.72. The monoisotopic (exact) mass is 454 g/mol. The number of amides is 2. The lowest BCUT2D eigenvalue weighted by atomic mass is 9.95. The van der Waals surface area contributed by atoms with Crippen LogP contribution in [0.4, 0.5) is 0 Å². The first-order chi connectivity index (χ1) is 15.4. The van der Waals surface area contributed by atoms with Gasteiger partial charge in [-0.3, -0.25) is 9.59 Å². The molecule has 1 aliphatic carbocycles. The van der Waals surface area contributed by atoms with Crippen molar-refractivity contribution in [3.63, 3.8) is 0 Å². The number of carbonyl (C=O) groups excluding carboxylic acids is 2. The average Bonchev–Trinajstić information content (AvgIpc) is 2.75. The molecule has 0 spiro atoms. The minimum absolute atomic E-state index is 0.0550. The van der Waals surface area contributed by atoms with Gasteiger partial charge in [-0.2, -0.15) is 0 Å². The second-order valence-corrected chi connectivity index (χ2v) is 9.46. The number of benzene rings is 2. The van der Waals surface area contributed by atoms with Gasteiger partial charge in [-0.25, -0.2) is 0 Å².